The van der Waals surface area contributed by atoms with E-state index in [4.69, 9.17) is 0 Å². The molecule has 0 atom stereocenters. The first-order valence-corrected chi connectivity index (χ1v) is 11.0. The number of hydrogen-bond donors (Lipinski definition) is 0. The third kappa shape index (κ3) is 3.41. The van der Waals surface area contributed by atoms with Gasteiger partial charge in [-0.25, -0.2) is 4.98 Å². The molecule has 4 heteroatoms. The average molecular weight is 318 g/mol. The maximum atomic E-state index is 12.6. The van der Waals surface area contributed by atoms with Gasteiger partial charge in [0.15, 0.2) is 0 Å². The van der Waals surface area contributed by atoms with Gasteiger partial charge in [0.25, 0.3) is 5.56 Å². The monoisotopic (exact) mass is 318 g/mol. The van der Waals surface area contributed by atoms with Gasteiger partial charge in [0.2, 0.25) is 0 Å². The lowest BCUT2D eigenvalue weighted by molar-refractivity contribution is 0.963. The molecule has 0 bridgehead atoms. The number of para-hydroxylation sites is 1. The van der Waals surface area contributed by atoms with Crippen LogP contribution in [0.1, 0.15) is 5.56 Å². The topological polar surface area (TPSA) is 34.9 Å². The van der Waals surface area contributed by atoms with E-state index >= 15 is 0 Å². The molecule has 0 radical (unpaired) electrons. The number of rotatable bonds is 1. The fraction of sp³-hybridized carbons (Fsp3) is 0.158. The summed E-state index contributed by atoms with van der Waals surface area (Å²) in [5, 5.41) is 0.623. The lowest BCUT2D eigenvalue weighted by atomic mass is 10.2. The van der Waals surface area contributed by atoms with Crippen LogP contribution in [0.25, 0.3) is 16.6 Å². The Morgan fingerprint density at radius 1 is 1.00 bits per heavy atom. The Morgan fingerprint density at radius 2 is 1.70 bits per heavy atom. The molecule has 3 rings (SSSR count). The second-order valence-electron chi connectivity index (χ2n) is 6.48. The molecule has 0 fully saturated rings. The quantitative estimate of drug-likeness (QED) is 0.507. The summed E-state index contributed by atoms with van der Waals surface area (Å²) in [5.41, 5.74) is 5.76. The fourth-order valence-electron chi connectivity index (χ4n) is 2.22. The van der Waals surface area contributed by atoms with E-state index < -0.39 is 8.07 Å². The first-order valence-electron chi connectivity index (χ1n) is 7.54. The molecule has 0 aliphatic carbocycles. The van der Waals surface area contributed by atoms with Crippen molar-refractivity contribution in [2.24, 2.45) is 0 Å². The summed E-state index contributed by atoms with van der Waals surface area (Å²) in [6.45, 7) is 6.65. The predicted octanol–water partition coefficient (Wildman–Crippen LogP) is 3.61. The fourth-order valence-corrected chi connectivity index (χ4v) is 2.74. The van der Waals surface area contributed by atoms with Gasteiger partial charge in [-0.05, 0) is 36.4 Å². The zero-order chi connectivity index (χ0) is 16.4. The van der Waals surface area contributed by atoms with Gasteiger partial charge < -0.3 is 0 Å². The van der Waals surface area contributed by atoms with E-state index in [0.717, 1.165) is 11.3 Å². The summed E-state index contributed by atoms with van der Waals surface area (Å²) in [5.74, 6) is 3.22. The second-order valence-corrected chi connectivity index (χ2v) is 11.2. The Bertz CT molecular complexity index is 970. The van der Waals surface area contributed by atoms with Crippen LogP contribution in [0.4, 0.5) is 0 Å². The van der Waals surface area contributed by atoms with Crippen LogP contribution in [0.15, 0.2) is 59.7 Å². The number of nitrogens with zero attached hydrogens (tertiary/aromatic N) is 2. The Morgan fingerprint density at radius 3 is 2.39 bits per heavy atom. The van der Waals surface area contributed by atoms with E-state index in [1.54, 1.807) is 17.0 Å². The Hall–Kier alpha value is -2.64. The van der Waals surface area contributed by atoms with Crippen molar-refractivity contribution in [1.29, 1.82) is 0 Å². The van der Waals surface area contributed by atoms with Crippen molar-refractivity contribution in [3.8, 4) is 17.2 Å². The van der Waals surface area contributed by atoms with Crippen LogP contribution in [0, 0.1) is 11.5 Å². The van der Waals surface area contributed by atoms with Crippen LogP contribution in [-0.2, 0) is 0 Å². The summed E-state index contributed by atoms with van der Waals surface area (Å²) in [6.07, 6.45) is 1.58. The molecule has 0 aliphatic rings. The Balaban J connectivity index is 2.01. The van der Waals surface area contributed by atoms with Gasteiger partial charge in [-0.15, -0.1) is 5.54 Å². The molecule has 0 amide bonds. The molecule has 0 N–H and O–H groups in total. The Labute approximate surface area is 136 Å². The van der Waals surface area contributed by atoms with Crippen LogP contribution in [0.5, 0.6) is 0 Å². The van der Waals surface area contributed by atoms with E-state index in [9.17, 15) is 4.79 Å². The molecule has 0 aliphatic heterocycles. The summed E-state index contributed by atoms with van der Waals surface area (Å²) in [7, 11) is -1.38. The largest absolute Gasteiger partial charge is 0.268 e. The number of fused-ring (bicyclic) bond motifs is 1. The molecule has 114 valence electrons. The first kappa shape index (κ1) is 15.3. The van der Waals surface area contributed by atoms with Crippen molar-refractivity contribution in [2.45, 2.75) is 19.6 Å². The van der Waals surface area contributed by atoms with Crippen LogP contribution < -0.4 is 5.56 Å². The van der Waals surface area contributed by atoms with Crippen LogP contribution in [0.3, 0.4) is 0 Å². The minimum atomic E-state index is -1.38. The van der Waals surface area contributed by atoms with Crippen molar-refractivity contribution < 1.29 is 0 Å². The van der Waals surface area contributed by atoms with Gasteiger partial charge >= 0.3 is 0 Å². The SMILES string of the molecule is C[Si](C)(C)C#Cc1ccc(-n2cnc3ccccc3c2=O)cc1. The van der Waals surface area contributed by atoms with Crippen molar-refractivity contribution in [3.05, 3.63) is 70.8 Å². The van der Waals surface area contributed by atoms with Crippen LogP contribution >= 0.6 is 0 Å². The normalized spacial score (nSPS) is 11.1. The minimum absolute atomic E-state index is 0.0588. The summed E-state index contributed by atoms with van der Waals surface area (Å²) in [4.78, 5) is 16.9. The van der Waals surface area contributed by atoms with Gasteiger partial charge in [0.05, 0.1) is 16.6 Å². The molecule has 1 aromatic heterocycles. The van der Waals surface area contributed by atoms with Gasteiger partial charge in [0.1, 0.15) is 14.4 Å². The third-order valence-electron chi connectivity index (χ3n) is 3.39. The lowest BCUT2D eigenvalue weighted by Gasteiger charge is -2.07. The number of hydrogen-bond acceptors (Lipinski definition) is 2. The summed E-state index contributed by atoms with van der Waals surface area (Å²) >= 11 is 0. The lowest BCUT2D eigenvalue weighted by Crippen LogP contribution is -2.18. The van der Waals surface area contributed by atoms with Gasteiger partial charge in [-0.1, -0.05) is 37.7 Å². The van der Waals surface area contributed by atoms with Gasteiger partial charge in [-0.2, -0.15) is 0 Å². The summed E-state index contributed by atoms with van der Waals surface area (Å²) in [6, 6.07) is 15.1. The predicted molar refractivity (Wildman–Crippen MR) is 97.6 cm³/mol. The molecule has 1 heterocycles. The zero-order valence-corrected chi connectivity index (χ0v) is 14.5. The molecule has 0 saturated carbocycles. The standard InChI is InChI=1S/C19H18N2OSi/c1-23(2,3)13-12-15-8-10-16(11-9-15)21-14-20-18-7-5-4-6-17(18)19(21)22/h4-11,14H,1-3H3. The molecule has 3 nitrogen and oxygen atoms in total. The third-order valence-corrected chi connectivity index (χ3v) is 4.27. The van der Waals surface area contributed by atoms with E-state index in [1.807, 2.05) is 42.5 Å². The number of aromatic nitrogens is 2. The first-order chi connectivity index (χ1) is 10.9. The highest BCUT2D eigenvalue weighted by Gasteiger charge is 2.08. The molecule has 0 spiro atoms. The van der Waals surface area contributed by atoms with Crippen molar-refractivity contribution in [1.82, 2.24) is 9.55 Å². The number of benzene rings is 2. The van der Waals surface area contributed by atoms with Crippen molar-refractivity contribution >= 4 is 19.0 Å². The molecule has 3 aromatic rings. The maximum absolute atomic E-state index is 12.6. The van der Waals surface area contributed by atoms with Crippen molar-refractivity contribution in [3.63, 3.8) is 0 Å². The highest BCUT2D eigenvalue weighted by atomic mass is 28.3. The van der Waals surface area contributed by atoms with Gasteiger partial charge in [0, 0.05) is 5.56 Å². The second kappa shape index (κ2) is 5.86. The Kier molecular flexibility index (Phi) is 3.89. The van der Waals surface area contributed by atoms with Crippen LogP contribution in [0.2, 0.25) is 19.6 Å². The van der Waals surface area contributed by atoms with E-state index in [-0.39, 0.29) is 5.56 Å². The van der Waals surface area contributed by atoms with E-state index in [2.05, 4.69) is 36.1 Å². The molecular weight excluding hydrogens is 300 g/mol. The summed E-state index contributed by atoms with van der Waals surface area (Å²) < 4.78 is 1.57. The maximum Gasteiger partial charge on any atom is 0.265 e. The zero-order valence-electron chi connectivity index (χ0n) is 13.5. The van der Waals surface area contributed by atoms with Crippen LogP contribution in [-0.4, -0.2) is 17.6 Å². The highest BCUT2D eigenvalue weighted by Crippen LogP contribution is 2.10. The minimum Gasteiger partial charge on any atom is -0.268 e. The molecule has 0 saturated heterocycles. The van der Waals surface area contributed by atoms with Gasteiger partial charge in [-0.3, -0.25) is 9.36 Å². The average Bonchev–Trinajstić information content (AvgIpc) is 2.54. The molecule has 2 aromatic carbocycles. The molecule has 23 heavy (non-hydrogen) atoms. The molecular formula is C19H18N2OSi. The van der Waals surface area contributed by atoms with Crippen molar-refractivity contribution in [2.75, 3.05) is 0 Å². The smallest absolute Gasteiger partial charge is 0.265 e. The highest BCUT2D eigenvalue weighted by molar-refractivity contribution is 6.83. The van der Waals surface area contributed by atoms with E-state index in [1.165, 1.54) is 0 Å². The van der Waals surface area contributed by atoms with E-state index in [0.29, 0.717) is 10.9 Å². The molecule has 0 unspecified atom stereocenters.